The second-order valence-corrected chi connectivity index (χ2v) is 6.16. The molecule has 122 valence electrons. The van der Waals surface area contributed by atoms with Crippen LogP contribution in [0.5, 0.6) is 5.88 Å². The summed E-state index contributed by atoms with van der Waals surface area (Å²) in [7, 11) is 0. The Balaban J connectivity index is 1.98. The molecule has 0 bridgehead atoms. The number of fused-ring (bicyclic) bond motifs is 1. The molecule has 1 N–H and O–H groups in total. The number of ether oxygens (including phenoxy) is 1. The summed E-state index contributed by atoms with van der Waals surface area (Å²) < 4.78 is 5.87. The van der Waals surface area contributed by atoms with Crippen molar-refractivity contribution in [1.82, 2.24) is 19.9 Å². The molecule has 0 aliphatic carbocycles. The zero-order valence-electron chi connectivity index (χ0n) is 11.8. The van der Waals surface area contributed by atoms with Gasteiger partial charge in [0, 0.05) is 19.2 Å². The number of amides is 1. The van der Waals surface area contributed by atoms with E-state index in [0.717, 1.165) is 0 Å². The predicted octanol–water partition coefficient (Wildman–Crippen LogP) is 3.50. The summed E-state index contributed by atoms with van der Waals surface area (Å²) in [5.41, 5.74) is 0.336. The van der Waals surface area contributed by atoms with Gasteiger partial charge in [-0.15, -0.1) is 0 Å². The minimum atomic E-state index is -0.981. The van der Waals surface area contributed by atoms with Gasteiger partial charge in [0.15, 0.2) is 0 Å². The number of pyridine rings is 1. The van der Waals surface area contributed by atoms with Crippen LogP contribution < -0.4 is 4.74 Å². The first-order valence-electron chi connectivity index (χ1n) is 6.72. The topological polar surface area (TPSA) is 88.4 Å². The van der Waals surface area contributed by atoms with Gasteiger partial charge in [-0.3, -0.25) is 0 Å². The molecule has 7 nitrogen and oxygen atoms in total. The lowest BCUT2D eigenvalue weighted by atomic mass is 10.2. The zero-order chi connectivity index (χ0) is 16.7. The normalized spacial score (nSPS) is 21.0. The lowest BCUT2D eigenvalue weighted by molar-refractivity contribution is 0.117. The largest absolute Gasteiger partial charge is 0.472 e. The molecule has 1 saturated heterocycles. The maximum absolute atomic E-state index is 11.1. The first kappa shape index (κ1) is 16.3. The zero-order valence-corrected chi connectivity index (χ0v) is 14.1. The SMILES string of the molecule is C[C@@H]1[C@H](Oc2nc(Cl)nc3c(Cl)c(Cl)ncc23)CCN1C(=O)O. The van der Waals surface area contributed by atoms with E-state index in [-0.39, 0.29) is 33.5 Å². The first-order valence-corrected chi connectivity index (χ1v) is 7.85. The van der Waals surface area contributed by atoms with Gasteiger partial charge in [0.25, 0.3) is 0 Å². The van der Waals surface area contributed by atoms with Crippen LogP contribution in [-0.2, 0) is 0 Å². The van der Waals surface area contributed by atoms with Crippen LogP contribution in [0, 0.1) is 0 Å². The Labute approximate surface area is 146 Å². The van der Waals surface area contributed by atoms with Crippen molar-refractivity contribution in [2.75, 3.05) is 6.54 Å². The van der Waals surface area contributed by atoms with E-state index < -0.39 is 6.09 Å². The Bertz CT molecular complexity index is 789. The number of carbonyl (C=O) groups is 1. The Morgan fingerprint density at radius 3 is 2.78 bits per heavy atom. The summed E-state index contributed by atoms with van der Waals surface area (Å²) in [5.74, 6) is 0.204. The number of halogens is 3. The molecule has 3 heterocycles. The van der Waals surface area contributed by atoms with Crippen LogP contribution in [0.3, 0.4) is 0 Å². The summed E-state index contributed by atoms with van der Waals surface area (Å²) in [6, 6.07) is -0.313. The molecule has 1 amide bonds. The Morgan fingerprint density at radius 2 is 2.13 bits per heavy atom. The number of hydrogen-bond acceptors (Lipinski definition) is 5. The van der Waals surface area contributed by atoms with E-state index >= 15 is 0 Å². The van der Waals surface area contributed by atoms with E-state index in [9.17, 15) is 4.79 Å². The van der Waals surface area contributed by atoms with E-state index in [4.69, 9.17) is 44.6 Å². The van der Waals surface area contributed by atoms with Crippen LogP contribution >= 0.6 is 34.8 Å². The van der Waals surface area contributed by atoms with Gasteiger partial charge in [0.1, 0.15) is 21.8 Å². The summed E-state index contributed by atoms with van der Waals surface area (Å²) in [5, 5.41) is 9.81. The average molecular weight is 378 g/mol. The van der Waals surface area contributed by atoms with E-state index in [1.165, 1.54) is 11.1 Å². The lowest BCUT2D eigenvalue weighted by Crippen LogP contribution is -2.38. The Hall–Kier alpha value is -1.57. The molecular weight excluding hydrogens is 367 g/mol. The van der Waals surface area contributed by atoms with E-state index in [2.05, 4.69) is 15.0 Å². The summed E-state index contributed by atoms with van der Waals surface area (Å²) in [6.07, 6.45) is 0.662. The second-order valence-electron chi connectivity index (χ2n) is 5.08. The van der Waals surface area contributed by atoms with Gasteiger partial charge in [-0.25, -0.2) is 14.8 Å². The average Bonchev–Trinajstić information content (AvgIpc) is 2.85. The van der Waals surface area contributed by atoms with Crippen molar-refractivity contribution in [1.29, 1.82) is 0 Å². The summed E-state index contributed by atoms with van der Waals surface area (Å²) in [6.45, 7) is 2.17. The highest BCUT2D eigenvalue weighted by molar-refractivity contribution is 6.44. The molecule has 0 radical (unpaired) electrons. The van der Waals surface area contributed by atoms with Crippen LogP contribution in [0.1, 0.15) is 13.3 Å². The molecule has 23 heavy (non-hydrogen) atoms. The van der Waals surface area contributed by atoms with Crippen molar-refractivity contribution in [3.05, 3.63) is 21.7 Å². The van der Waals surface area contributed by atoms with Crippen molar-refractivity contribution in [2.45, 2.75) is 25.5 Å². The maximum Gasteiger partial charge on any atom is 0.407 e. The van der Waals surface area contributed by atoms with E-state index in [0.29, 0.717) is 23.9 Å². The molecule has 0 unspecified atom stereocenters. The molecule has 2 aromatic heterocycles. The van der Waals surface area contributed by atoms with Crippen molar-refractivity contribution in [3.8, 4) is 5.88 Å². The minimum Gasteiger partial charge on any atom is -0.472 e. The molecule has 2 aromatic rings. The molecule has 0 spiro atoms. The Kier molecular flexibility index (Phi) is 4.35. The fourth-order valence-corrected chi connectivity index (χ4v) is 3.05. The third kappa shape index (κ3) is 2.96. The van der Waals surface area contributed by atoms with Gasteiger partial charge in [-0.2, -0.15) is 4.98 Å². The number of likely N-dealkylation sites (tertiary alicyclic amines) is 1. The van der Waals surface area contributed by atoms with Crippen molar-refractivity contribution in [2.24, 2.45) is 0 Å². The molecule has 1 fully saturated rings. The molecule has 0 saturated carbocycles. The predicted molar refractivity (Wildman–Crippen MR) is 85.6 cm³/mol. The molecule has 2 atom stereocenters. The van der Waals surface area contributed by atoms with Gasteiger partial charge in [0.05, 0.1) is 11.4 Å². The number of rotatable bonds is 2. The quantitative estimate of drug-likeness (QED) is 0.636. The number of aromatic nitrogens is 3. The van der Waals surface area contributed by atoms with Crippen LogP contribution in [0.4, 0.5) is 4.79 Å². The van der Waals surface area contributed by atoms with Crippen molar-refractivity contribution < 1.29 is 14.6 Å². The van der Waals surface area contributed by atoms with E-state index in [1.54, 1.807) is 6.92 Å². The highest BCUT2D eigenvalue weighted by Crippen LogP contribution is 2.34. The molecule has 10 heteroatoms. The molecule has 3 rings (SSSR count). The van der Waals surface area contributed by atoms with Gasteiger partial charge < -0.3 is 14.7 Å². The summed E-state index contributed by atoms with van der Waals surface area (Å²) in [4.78, 5) is 24.5. The Morgan fingerprint density at radius 1 is 1.39 bits per heavy atom. The summed E-state index contributed by atoms with van der Waals surface area (Å²) >= 11 is 17.9. The molecule has 1 aliphatic rings. The highest BCUT2D eigenvalue weighted by atomic mass is 35.5. The van der Waals surface area contributed by atoms with Gasteiger partial charge >= 0.3 is 6.09 Å². The standard InChI is InChI=1S/C13H11Cl3N4O3/c1-5-7(2-3-20(5)13(21)22)23-11-6-4-17-10(15)8(14)9(6)18-12(16)19-11/h4-5,7H,2-3H2,1H3,(H,21,22)/t5-,7-/m1/s1. The second kappa shape index (κ2) is 6.14. The third-order valence-corrected chi connectivity index (χ3v) is 4.68. The number of nitrogens with zero attached hydrogens (tertiary/aromatic N) is 4. The van der Waals surface area contributed by atoms with Crippen molar-refractivity contribution in [3.63, 3.8) is 0 Å². The number of carboxylic acid groups (broad SMARTS) is 1. The fraction of sp³-hybridized carbons (Fsp3) is 0.385. The monoisotopic (exact) mass is 376 g/mol. The van der Waals surface area contributed by atoms with Crippen LogP contribution in [-0.4, -0.2) is 49.7 Å². The maximum atomic E-state index is 11.1. The van der Waals surface area contributed by atoms with Crippen LogP contribution in [0.15, 0.2) is 6.20 Å². The van der Waals surface area contributed by atoms with E-state index in [1.807, 2.05) is 0 Å². The third-order valence-electron chi connectivity index (χ3n) is 3.77. The van der Waals surface area contributed by atoms with Crippen molar-refractivity contribution >= 4 is 51.8 Å². The van der Waals surface area contributed by atoms with Gasteiger partial charge in [0.2, 0.25) is 11.2 Å². The number of hydrogen-bond donors (Lipinski definition) is 1. The van der Waals surface area contributed by atoms with Gasteiger partial charge in [-0.1, -0.05) is 23.2 Å². The minimum absolute atomic E-state index is 0.0441. The van der Waals surface area contributed by atoms with Crippen LogP contribution in [0.2, 0.25) is 15.5 Å². The fourth-order valence-electron chi connectivity index (χ4n) is 2.55. The smallest absolute Gasteiger partial charge is 0.407 e. The molecule has 1 aliphatic heterocycles. The molecule has 0 aromatic carbocycles. The lowest BCUT2D eigenvalue weighted by Gasteiger charge is -2.22. The van der Waals surface area contributed by atoms with Gasteiger partial charge in [-0.05, 0) is 18.5 Å². The van der Waals surface area contributed by atoms with Crippen LogP contribution in [0.25, 0.3) is 10.9 Å². The molecular formula is C13H11Cl3N4O3. The highest BCUT2D eigenvalue weighted by Gasteiger charge is 2.36. The first-order chi connectivity index (χ1) is 10.9.